The molecule has 7 heteroatoms. The Morgan fingerprint density at radius 1 is 1.12 bits per heavy atom. The number of carbonyl (C=O) groups excluding carboxylic acids is 2. The molecule has 4 aromatic rings. The molecule has 174 valence electrons. The van der Waals surface area contributed by atoms with Gasteiger partial charge >= 0.3 is 0 Å². The third kappa shape index (κ3) is 5.14. The molecule has 7 nitrogen and oxygen atoms in total. The van der Waals surface area contributed by atoms with Crippen LogP contribution in [0.2, 0.25) is 0 Å². The minimum absolute atomic E-state index is 0.0922. The van der Waals surface area contributed by atoms with Crippen molar-refractivity contribution in [3.63, 3.8) is 0 Å². The van der Waals surface area contributed by atoms with E-state index in [-0.39, 0.29) is 17.9 Å². The van der Waals surface area contributed by atoms with Crippen LogP contribution in [0.4, 0.5) is 0 Å². The Kier molecular flexibility index (Phi) is 7.01. The highest BCUT2D eigenvalue weighted by Gasteiger charge is 2.24. The van der Waals surface area contributed by atoms with Gasteiger partial charge in [-0.1, -0.05) is 30.3 Å². The number of carbonyl (C=O) groups is 2. The Morgan fingerprint density at radius 3 is 2.65 bits per heavy atom. The van der Waals surface area contributed by atoms with Crippen LogP contribution in [-0.4, -0.2) is 50.9 Å². The number of nitrogens with zero attached hydrogens (tertiary/aromatic N) is 4. The first kappa shape index (κ1) is 23.2. The van der Waals surface area contributed by atoms with Crippen molar-refractivity contribution in [1.29, 1.82) is 0 Å². The fourth-order valence-corrected chi connectivity index (χ4v) is 4.14. The van der Waals surface area contributed by atoms with E-state index < -0.39 is 0 Å². The average Bonchev–Trinajstić information content (AvgIpc) is 3.28. The molecule has 34 heavy (non-hydrogen) atoms. The lowest BCUT2D eigenvalue weighted by Gasteiger charge is -2.29. The second kappa shape index (κ2) is 10.3. The zero-order valence-corrected chi connectivity index (χ0v) is 19.7. The highest BCUT2D eigenvalue weighted by molar-refractivity contribution is 5.98. The van der Waals surface area contributed by atoms with Gasteiger partial charge in [-0.3, -0.25) is 19.6 Å². The maximum atomic E-state index is 13.5. The van der Waals surface area contributed by atoms with Crippen LogP contribution < -0.4 is 5.32 Å². The number of amides is 2. The monoisotopic (exact) mass is 455 g/mol. The lowest BCUT2D eigenvalue weighted by Crippen LogP contribution is -2.41. The van der Waals surface area contributed by atoms with Gasteiger partial charge in [-0.2, -0.15) is 0 Å². The Balaban J connectivity index is 1.52. The molecule has 3 aromatic heterocycles. The Hall–Kier alpha value is -4.00. The molecule has 1 N–H and O–H groups in total. The molecular weight excluding hydrogens is 426 g/mol. The molecule has 0 aliphatic rings. The SMILES string of the molecule is Cc1nc2ccncc2cc1C(=O)N(C)[C@H](CCNC(=O)c1cccn1C)Cc1ccccc1. The summed E-state index contributed by atoms with van der Waals surface area (Å²) in [6.45, 7) is 2.31. The fourth-order valence-electron chi connectivity index (χ4n) is 4.14. The molecule has 0 aliphatic heterocycles. The van der Waals surface area contributed by atoms with Crippen molar-refractivity contribution in [1.82, 2.24) is 24.8 Å². The van der Waals surface area contributed by atoms with Gasteiger partial charge in [0.1, 0.15) is 5.69 Å². The Bertz CT molecular complexity index is 1300. The first-order valence-electron chi connectivity index (χ1n) is 11.4. The lowest BCUT2D eigenvalue weighted by molar-refractivity contribution is 0.0721. The predicted octanol–water partition coefficient (Wildman–Crippen LogP) is 3.78. The minimum atomic E-state index is -0.123. The minimum Gasteiger partial charge on any atom is -0.351 e. The molecule has 0 spiro atoms. The van der Waals surface area contributed by atoms with Crippen LogP contribution in [0.1, 0.15) is 38.5 Å². The maximum absolute atomic E-state index is 13.5. The first-order chi connectivity index (χ1) is 16.4. The zero-order valence-electron chi connectivity index (χ0n) is 19.7. The first-order valence-corrected chi connectivity index (χ1v) is 11.4. The topological polar surface area (TPSA) is 80.1 Å². The number of pyridine rings is 2. The highest BCUT2D eigenvalue weighted by Crippen LogP contribution is 2.19. The number of aryl methyl sites for hydroxylation is 2. The molecule has 0 bridgehead atoms. The zero-order chi connectivity index (χ0) is 24.1. The molecule has 4 rings (SSSR count). The van der Waals surface area contributed by atoms with Crippen molar-refractivity contribution in [3.8, 4) is 0 Å². The van der Waals surface area contributed by atoms with Crippen LogP contribution in [0.25, 0.3) is 10.9 Å². The predicted molar refractivity (Wildman–Crippen MR) is 133 cm³/mol. The van der Waals surface area contributed by atoms with Gasteiger partial charge in [-0.15, -0.1) is 0 Å². The molecule has 1 atom stereocenters. The number of rotatable bonds is 8. The van der Waals surface area contributed by atoms with E-state index in [2.05, 4.69) is 27.4 Å². The summed E-state index contributed by atoms with van der Waals surface area (Å²) in [7, 11) is 3.66. The van der Waals surface area contributed by atoms with Crippen LogP contribution in [0.3, 0.4) is 0 Å². The van der Waals surface area contributed by atoms with Crippen LogP contribution in [0.5, 0.6) is 0 Å². The molecule has 0 fully saturated rings. The summed E-state index contributed by atoms with van der Waals surface area (Å²) in [6, 6.07) is 17.3. The summed E-state index contributed by atoms with van der Waals surface area (Å²) in [5.41, 5.74) is 3.81. The standard InChI is InChI=1S/C27H29N5O2/c1-19-23(17-21-18-28-13-12-24(21)30-19)27(34)32(3)22(16-20-8-5-4-6-9-20)11-14-29-26(33)25-10-7-15-31(25)2/h4-10,12-13,15,17-18,22H,11,14,16H2,1-3H3,(H,29,33)/t22-/m1/s1. The molecule has 0 aliphatic carbocycles. The quantitative estimate of drug-likeness (QED) is 0.439. The average molecular weight is 456 g/mol. The van der Waals surface area contributed by atoms with Crippen molar-refractivity contribution < 1.29 is 9.59 Å². The number of hydrogen-bond donors (Lipinski definition) is 1. The van der Waals surface area contributed by atoms with Crippen molar-refractivity contribution in [3.05, 3.63) is 95.7 Å². The van der Waals surface area contributed by atoms with E-state index in [1.807, 2.05) is 63.6 Å². The maximum Gasteiger partial charge on any atom is 0.267 e. The molecule has 0 radical (unpaired) electrons. The highest BCUT2D eigenvalue weighted by atomic mass is 16.2. The molecule has 0 unspecified atom stereocenters. The Labute approximate surface area is 199 Å². The van der Waals surface area contributed by atoms with E-state index in [0.717, 1.165) is 16.5 Å². The lowest BCUT2D eigenvalue weighted by atomic mass is 10.0. The number of likely N-dealkylation sites (N-methyl/N-ethyl adjacent to an activating group) is 1. The molecule has 3 heterocycles. The third-order valence-corrected chi connectivity index (χ3v) is 6.16. The molecule has 0 saturated carbocycles. The summed E-state index contributed by atoms with van der Waals surface area (Å²) >= 11 is 0. The molecule has 1 aromatic carbocycles. The van der Waals surface area contributed by atoms with Gasteiger partial charge in [-0.25, -0.2) is 0 Å². The number of aromatic nitrogens is 3. The molecule has 2 amide bonds. The van der Waals surface area contributed by atoms with E-state index >= 15 is 0 Å². The van der Waals surface area contributed by atoms with E-state index in [1.54, 1.807) is 27.9 Å². The van der Waals surface area contributed by atoms with Gasteiger partial charge < -0.3 is 14.8 Å². The molecule has 0 saturated heterocycles. The van der Waals surface area contributed by atoms with Crippen LogP contribution >= 0.6 is 0 Å². The van der Waals surface area contributed by atoms with E-state index in [0.29, 0.717) is 36.3 Å². The van der Waals surface area contributed by atoms with Crippen molar-refractivity contribution >= 4 is 22.7 Å². The second-order valence-electron chi connectivity index (χ2n) is 8.50. The molecular formula is C27H29N5O2. The summed E-state index contributed by atoms with van der Waals surface area (Å²) in [6.07, 6.45) is 6.57. The van der Waals surface area contributed by atoms with Crippen molar-refractivity contribution in [2.24, 2.45) is 7.05 Å². The van der Waals surface area contributed by atoms with Gasteiger partial charge in [0, 0.05) is 50.7 Å². The summed E-state index contributed by atoms with van der Waals surface area (Å²) < 4.78 is 1.79. The van der Waals surface area contributed by atoms with Gasteiger partial charge in [-0.05, 0) is 49.6 Å². The van der Waals surface area contributed by atoms with Crippen LogP contribution in [-0.2, 0) is 13.5 Å². The smallest absolute Gasteiger partial charge is 0.267 e. The van der Waals surface area contributed by atoms with Crippen LogP contribution in [0, 0.1) is 6.92 Å². The number of hydrogen-bond acceptors (Lipinski definition) is 4. The van der Waals surface area contributed by atoms with E-state index in [1.165, 1.54) is 0 Å². The summed E-state index contributed by atoms with van der Waals surface area (Å²) in [5.74, 6) is -0.215. The van der Waals surface area contributed by atoms with Gasteiger partial charge in [0.2, 0.25) is 0 Å². The fraction of sp³-hybridized carbons (Fsp3) is 0.259. The number of nitrogens with one attached hydrogen (secondary N) is 1. The van der Waals surface area contributed by atoms with Gasteiger partial charge in [0.25, 0.3) is 11.8 Å². The van der Waals surface area contributed by atoms with Crippen molar-refractivity contribution in [2.75, 3.05) is 13.6 Å². The van der Waals surface area contributed by atoms with E-state index in [4.69, 9.17) is 0 Å². The second-order valence-corrected chi connectivity index (χ2v) is 8.50. The van der Waals surface area contributed by atoms with Crippen molar-refractivity contribution in [2.45, 2.75) is 25.8 Å². The summed E-state index contributed by atoms with van der Waals surface area (Å²) in [4.78, 5) is 36.6. The number of benzene rings is 1. The normalized spacial score (nSPS) is 11.9. The van der Waals surface area contributed by atoms with Gasteiger partial charge in [0.15, 0.2) is 0 Å². The van der Waals surface area contributed by atoms with Gasteiger partial charge in [0.05, 0.1) is 16.8 Å². The van der Waals surface area contributed by atoms with Crippen LogP contribution in [0.15, 0.2) is 73.2 Å². The number of fused-ring (bicyclic) bond motifs is 1. The Morgan fingerprint density at radius 2 is 1.91 bits per heavy atom. The largest absolute Gasteiger partial charge is 0.351 e. The third-order valence-electron chi connectivity index (χ3n) is 6.16. The van der Waals surface area contributed by atoms with E-state index in [9.17, 15) is 9.59 Å². The summed E-state index contributed by atoms with van der Waals surface area (Å²) in [5, 5.41) is 3.83.